The van der Waals surface area contributed by atoms with Gasteiger partial charge in [-0.3, -0.25) is 4.72 Å². The number of ether oxygens (including phenoxy) is 2. The molecule has 0 saturated heterocycles. The molecule has 3 aromatic carbocycles. The van der Waals surface area contributed by atoms with E-state index in [2.05, 4.69) is 27.7 Å². The lowest BCUT2D eigenvalue weighted by molar-refractivity contribution is -0.0429. The largest absolute Gasteiger partial charge is 0.516 e. The molecule has 5 nitrogen and oxygen atoms in total. The fourth-order valence-corrected chi connectivity index (χ4v) is 3.88. The SMILES string of the molecule is CCCCOc1ccc(-c2ccc(NS(=O)(=O)C(F)(F)F)c(Oc3ccc(C(C)(C)C)cc3)c2)cc1. The van der Waals surface area contributed by atoms with Crippen LogP contribution in [-0.4, -0.2) is 20.5 Å². The highest BCUT2D eigenvalue weighted by atomic mass is 32.2. The van der Waals surface area contributed by atoms with Gasteiger partial charge in [-0.1, -0.05) is 64.4 Å². The van der Waals surface area contributed by atoms with Crippen molar-refractivity contribution in [2.75, 3.05) is 11.3 Å². The van der Waals surface area contributed by atoms with Crippen LogP contribution in [0.3, 0.4) is 0 Å². The van der Waals surface area contributed by atoms with Gasteiger partial charge in [0.2, 0.25) is 0 Å². The van der Waals surface area contributed by atoms with Crippen molar-refractivity contribution in [2.45, 2.75) is 51.5 Å². The van der Waals surface area contributed by atoms with Crippen molar-refractivity contribution in [2.24, 2.45) is 0 Å². The third kappa shape index (κ3) is 6.94. The van der Waals surface area contributed by atoms with Crippen LogP contribution in [0.2, 0.25) is 0 Å². The summed E-state index contributed by atoms with van der Waals surface area (Å²) in [6, 6.07) is 18.6. The molecule has 0 unspecified atom stereocenters. The van der Waals surface area contributed by atoms with E-state index in [1.807, 2.05) is 24.3 Å². The van der Waals surface area contributed by atoms with Crippen molar-refractivity contribution < 1.29 is 31.1 Å². The van der Waals surface area contributed by atoms with E-state index in [0.717, 1.165) is 24.0 Å². The summed E-state index contributed by atoms with van der Waals surface area (Å²) >= 11 is 0. The third-order valence-corrected chi connectivity index (χ3v) is 6.53. The first kappa shape index (κ1) is 27.4. The summed E-state index contributed by atoms with van der Waals surface area (Å²) in [7, 11) is -5.63. The second kappa shape index (κ2) is 10.8. The molecule has 194 valence electrons. The fraction of sp³-hybridized carbons (Fsp3) is 0.333. The quantitative estimate of drug-likeness (QED) is 0.291. The number of hydrogen-bond donors (Lipinski definition) is 1. The molecule has 9 heteroatoms. The predicted octanol–water partition coefficient (Wildman–Crippen LogP) is 7.88. The molecule has 0 aliphatic heterocycles. The average molecular weight is 522 g/mol. The molecule has 0 aliphatic rings. The van der Waals surface area contributed by atoms with Gasteiger partial charge in [-0.15, -0.1) is 0 Å². The average Bonchev–Trinajstić information content (AvgIpc) is 2.80. The van der Waals surface area contributed by atoms with Gasteiger partial charge in [-0.25, -0.2) is 0 Å². The molecular formula is C27H30F3NO4S. The van der Waals surface area contributed by atoms with Crippen LogP contribution in [0.25, 0.3) is 11.1 Å². The van der Waals surface area contributed by atoms with Crippen molar-refractivity contribution >= 4 is 15.7 Å². The predicted molar refractivity (Wildman–Crippen MR) is 136 cm³/mol. The Kier molecular flexibility index (Phi) is 8.23. The fourth-order valence-electron chi connectivity index (χ4n) is 3.30. The lowest BCUT2D eigenvalue weighted by Gasteiger charge is -2.20. The van der Waals surface area contributed by atoms with Gasteiger partial charge in [0.1, 0.15) is 11.5 Å². The molecule has 1 N–H and O–H groups in total. The molecular weight excluding hydrogens is 491 g/mol. The topological polar surface area (TPSA) is 64.6 Å². The van der Waals surface area contributed by atoms with E-state index in [1.54, 1.807) is 29.0 Å². The van der Waals surface area contributed by atoms with Crippen molar-refractivity contribution in [3.63, 3.8) is 0 Å². The van der Waals surface area contributed by atoms with Gasteiger partial charge in [0.05, 0.1) is 12.3 Å². The van der Waals surface area contributed by atoms with Gasteiger partial charge in [-0.05, 0) is 64.9 Å². The Hall–Kier alpha value is -3.20. The molecule has 0 spiro atoms. The molecule has 0 amide bonds. The van der Waals surface area contributed by atoms with Gasteiger partial charge in [-0.2, -0.15) is 21.6 Å². The van der Waals surface area contributed by atoms with E-state index in [4.69, 9.17) is 9.47 Å². The monoisotopic (exact) mass is 521 g/mol. The minimum Gasteiger partial charge on any atom is -0.494 e. The van der Waals surface area contributed by atoms with Crippen LogP contribution >= 0.6 is 0 Å². The Balaban J connectivity index is 1.95. The van der Waals surface area contributed by atoms with Crippen LogP contribution in [0.15, 0.2) is 66.7 Å². The number of rotatable bonds is 9. The van der Waals surface area contributed by atoms with Crippen LogP contribution in [0.5, 0.6) is 17.2 Å². The first-order valence-corrected chi connectivity index (χ1v) is 13.0. The molecule has 0 fully saturated rings. The van der Waals surface area contributed by atoms with Gasteiger partial charge in [0.25, 0.3) is 0 Å². The lowest BCUT2D eigenvalue weighted by Crippen LogP contribution is -2.30. The number of nitrogens with one attached hydrogen (secondary N) is 1. The molecule has 0 saturated carbocycles. The smallest absolute Gasteiger partial charge is 0.494 e. The van der Waals surface area contributed by atoms with E-state index < -0.39 is 15.5 Å². The summed E-state index contributed by atoms with van der Waals surface area (Å²) in [5.74, 6) is 0.997. The molecule has 36 heavy (non-hydrogen) atoms. The van der Waals surface area contributed by atoms with Crippen LogP contribution in [0.4, 0.5) is 18.9 Å². The first-order valence-electron chi connectivity index (χ1n) is 11.5. The molecule has 0 atom stereocenters. The standard InChI is InChI=1S/C27H30F3NO4S/c1-5-6-17-34-22-12-7-19(8-13-22)20-9-16-24(31-36(32,33)27(28,29)30)25(18-20)35-23-14-10-21(11-15-23)26(2,3)4/h7-16,18,31H,5-6,17H2,1-4H3. The molecule has 3 rings (SSSR count). The summed E-state index contributed by atoms with van der Waals surface area (Å²) in [4.78, 5) is 0. The minimum absolute atomic E-state index is 0.0629. The minimum atomic E-state index is -5.63. The Morgan fingerprint density at radius 1 is 0.833 bits per heavy atom. The highest BCUT2D eigenvalue weighted by Gasteiger charge is 2.46. The van der Waals surface area contributed by atoms with E-state index in [0.29, 0.717) is 23.7 Å². The highest BCUT2D eigenvalue weighted by molar-refractivity contribution is 7.93. The van der Waals surface area contributed by atoms with E-state index >= 15 is 0 Å². The highest BCUT2D eigenvalue weighted by Crippen LogP contribution is 2.37. The summed E-state index contributed by atoms with van der Waals surface area (Å²) in [5, 5.41) is 0. The van der Waals surface area contributed by atoms with Crippen molar-refractivity contribution in [3.8, 4) is 28.4 Å². The van der Waals surface area contributed by atoms with E-state index in [1.165, 1.54) is 18.2 Å². The maximum absolute atomic E-state index is 13.0. The Labute approximate surface area is 210 Å². The lowest BCUT2D eigenvalue weighted by atomic mass is 9.87. The third-order valence-electron chi connectivity index (χ3n) is 5.43. The first-order chi connectivity index (χ1) is 16.8. The number of anilines is 1. The summed E-state index contributed by atoms with van der Waals surface area (Å²) in [5.41, 5.74) is -3.45. The van der Waals surface area contributed by atoms with Crippen molar-refractivity contribution in [3.05, 3.63) is 72.3 Å². The molecule has 0 bridgehead atoms. The van der Waals surface area contributed by atoms with Gasteiger partial charge >= 0.3 is 15.5 Å². The van der Waals surface area contributed by atoms with Crippen LogP contribution in [0.1, 0.15) is 46.1 Å². The number of halogens is 3. The zero-order valence-corrected chi connectivity index (χ0v) is 21.5. The molecule has 0 aromatic heterocycles. The van der Waals surface area contributed by atoms with E-state index in [9.17, 15) is 21.6 Å². The molecule has 3 aromatic rings. The number of unbranched alkanes of at least 4 members (excludes halogenated alkanes) is 1. The maximum atomic E-state index is 13.0. The Bertz CT molecular complexity index is 1260. The van der Waals surface area contributed by atoms with Gasteiger partial charge in [0, 0.05) is 0 Å². The van der Waals surface area contributed by atoms with Crippen LogP contribution in [0, 0.1) is 0 Å². The van der Waals surface area contributed by atoms with Gasteiger partial charge in [0.15, 0.2) is 5.75 Å². The second-order valence-corrected chi connectivity index (χ2v) is 11.0. The summed E-state index contributed by atoms with van der Waals surface area (Å²) in [6.45, 7) is 8.84. The molecule has 0 radical (unpaired) electrons. The number of alkyl halides is 3. The van der Waals surface area contributed by atoms with E-state index in [-0.39, 0.29) is 16.9 Å². The maximum Gasteiger partial charge on any atom is 0.516 e. The zero-order valence-electron chi connectivity index (χ0n) is 20.6. The second-order valence-electron chi connectivity index (χ2n) is 9.37. The normalized spacial score (nSPS) is 12.3. The van der Waals surface area contributed by atoms with Crippen molar-refractivity contribution in [1.82, 2.24) is 0 Å². The molecule has 0 heterocycles. The summed E-state index contributed by atoms with van der Waals surface area (Å²) in [6.07, 6.45) is 1.96. The molecule has 0 aliphatic carbocycles. The van der Waals surface area contributed by atoms with Crippen LogP contribution in [-0.2, 0) is 15.4 Å². The zero-order chi connectivity index (χ0) is 26.6. The van der Waals surface area contributed by atoms with Crippen LogP contribution < -0.4 is 14.2 Å². The summed E-state index contributed by atoms with van der Waals surface area (Å²) < 4.78 is 75.8. The Morgan fingerprint density at radius 2 is 1.42 bits per heavy atom. The van der Waals surface area contributed by atoms with Crippen molar-refractivity contribution in [1.29, 1.82) is 0 Å². The Morgan fingerprint density at radius 3 is 1.97 bits per heavy atom. The number of sulfonamides is 1. The van der Waals surface area contributed by atoms with Gasteiger partial charge < -0.3 is 9.47 Å². The number of benzene rings is 3. The number of hydrogen-bond acceptors (Lipinski definition) is 4.